The van der Waals surface area contributed by atoms with Crippen LogP contribution in [0.2, 0.25) is 0 Å². The van der Waals surface area contributed by atoms with Crippen molar-refractivity contribution in [3.05, 3.63) is 11.7 Å². The van der Waals surface area contributed by atoms with Gasteiger partial charge in [-0.05, 0) is 17.6 Å². The van der Waals surface area contributed by atoms with Crippen LogP contribution in [0.3, 0.4) is 0 Å². The fourth-order valence-corrected chi connectivity index (χ4v) is 2.19. The molecule has 0 saturated heterocycles. The second-order valence-corrected chi connectivity index (χ2v) is 6.62. The Bertz CT molecular complexity index is 325. The fourth-order valence-electron chi connectivity index (χ4n) is 1.59. The van der Waals surface area contributed by atoms with Crippen LogP contribution in [0.4, 0.5) is 0 Å². The highest BCUT2D eigenvalue weighted by Gasteiger charge is 2.12. The Morgan fingerprint density at radius 2 is 2.00 bits per heavy atom. The van der Waals surface area contributed by atoms with Crippen LogP contribution >= 0.6 is 11.8 Å². The topological polar surface area (TPSA) is 64.9 Å². The molecule has 1 atom stereocenters. The van der Waals surface area contributed by atoms with Gasteiger partial charge in [-0.15, -0.1) is 0 Å². The zero-order valence-corrected chi connectivity index (χ0v) is 12.0. The fraction of sp³-hybridized carbons (Fsp3) is 0.833. The maximum atomic E-state index is 6.01. The van der Waals surface area contributed by atoms with Crippen molar-refractivity contribution in [2.45, 2.75) is 57.6 Å². The third kappa shape index (κ3) is 6.07. The molecular formula is C12H23N3OS. The maximum absolute atomic E-state index is 6.01. The third-order valence-corrected chi connectivity index (χ3v) is 3.36. The molecule has 0 fully saturated rings. The summed E-state index contributed by atoms with van der Waals surface area (Å²) in [5.41, 5.74) is 6.01. The summed E-state index contributed by atoms with van der Waals surface area (Å²) in [4.78, 5) is 4.35. The molecule has 0 saturated carbocycles. The largest absolute Gasteiger partial charge is 0.339 e. The van der Waals surface area contributed by atoms with E-state index in [1.807, 2.05) is 11.8 Å². The zero-order chi connectivity index (χ0) is 12.8. The molecule has 1 aromatic heterocycles. The first kappa shape index (κ1) is 14.5. The quantitative estimate of drug-likeness (QED) is 0.813. The summed E-state index contributed by atoms with van der Waals surface area (Å²) < 4.78 is 5.19. The molecule has 0 aromatic carbocycles. The van der Waals surface area contributed by atoms with Gasteiger partial charge in [0.25, 0.3) is 0 Å². The number of hydrogen-bond acceptors (Lipinski definition) is 5. The van der Waals surface area contributed by atoms with Crippen LogP contribution in [0.25, 0.3) is 0 Å². The van der Waals surface area contributed by atoms with Gasteiger partial charge in [0.1, 0.15) is 0 Å². The van der Waals surface area contributed by atoms with Gasteiger partial charge in [0, 0.05) is 12.5 Å². The van der Waals surface area contributed by atoms with Gasteiger partial charge in [0.2, 0.25) is 5.89 Å². The molecular weight excluding hydrogens is 234 g/mol. The molecule has 0 aliphatic heterocycles. The van der Waals surface area contributed by atoms with Gasteiger partial charge in [-0.2, -0.15) is 16.7 Å². The van der Waals surface area contributed by atoms with E-state index in [-0.39, 0.29) is 6.04 Å². The highest BCUT2D eigenvalue weighted by molar-refractivity contribution is 7.99. The van der Waals surface area contributed by atoms with Crippen LogP contribution in [0.15, 0.2) is 4.52 Å². The van der Waals surface area contributed by atoms with Crippen LogP contribution in [-0.2, 0) is 12.2 Å². The molecule has 0 spiro atoms. The van der Waals surface area contributed by atoms with Crippen molar-refractivity contribution in [2.24, 2.45) is 11.7 Å². The summed E-state index contributed by atoms with van der Waals surface area (Å²) >= 11 is 1.81. The molecule has 0 aliphatic rings. The lowest BCUT2D eigenvalue weighted by Gasteiger charge is -2.10. The maximum Gasteiger partial charge on any atom is 0.228 e. The number of nitrogens with two attached hydrogens (primary N) is 1. The van der Waals surface area contributed by atoms with E-state index in [9.17, 15) is 0 Å². The molecule has 1 rings (SSSR count). The molecule has 0 aliphatic carbocycles. The molecule has 1 heterocycles. The highest BCUT2D eigenvalue weighted by atomic mass is 32.2. The minimum absolute atomic E-state index is 0.112. The molecule has 17 heavy (non-hydrogen) atoms. The molecule has 2 N–H and O–H groups in total. The molecule has 98 valence electrons. The molecule has 5 heteroatoms. The van der Waals surface area contributed by atoms with Gasteiger partial charge in [-0.1, -0.05) is 32.9 Å². The standard InChI is InChI=1S/C12H23N3OS/c1-8(2)5-10(13)6-12-14-11(15-16-12)7-17-9(3)4/h8-10H,5-7,13H2,1-4H3. The highest BCUT2D eigenvalue weighted by Crippen LogP contribution is 2.15. The van der Waals surface area contributed by atoms with Crippen molar-refractivity contribution in [2.75, 3.05) is 0 Å². The summed E-state index contributed by atoms with van der Waals surface area (Å²) in [5, 5.41) is 4.54. The van der Waals surface area contributed by atoms with Crippen molar-refractivity contribution in [1.82, 2.24) is 10.1 Å². The number of nitrogens with zero attached hydrogens (tertiary/aromatic N) is 2. The lowest BCUT2D eigenvalue weighted by molar-refractivity contribution is 0.356. The van der Waals surface area contributed by atoms with Gasteiger partial charge in [-0.3, -0.25) is 0 Å². The molecule has 0 bridgehead atoms. The zero-order valence-electron chi connectivity index (χ0n) is 11.1. The summed E-state index contributed by atoms with van der Waals surface area (Å²) in [5.74, 6) is 2.84. The lowest BCUT2D eigenvalue weighted by atomic mass is 10.0. The van der Waals surface area contributed by atoms with E-state index in [2.05, 4.69) is 37.8 Å². The van der Waals surface area contributed by atoms with E-state index in [4.69, 9.17) is 10.3 Å². The first-order valence-electron chi connectivity index (χ1n) is 6.16. The van der Waals surface area contributed by atoms with Crippen LogP contribution in [0, 0.1) is 5.92 Å². The van der Waals surface area contributed by atoms with E-state index < -0.39 is 0 Å². The van der Waals surface area contributed by atoms with Crippen molar-refractivity contribution in [1.29, 1.82) is 0 Å². The Kier molecular flexibility index (Phi) is 5.98. The predicted molar refractivity (Wildman–Crippen MR) is 71.9 cm³/mol. The van der Waals surface area contributed by atoms with E-state index in [1.165, 1.54) is 0 Å². The SMILES string of the molecule is CC(C)CC(N)Cc1nc(CSC(C)C)no1. The van der Waals surface area contributed by atoms with Gasteiger partial charge in [0.05, 0.1) is 5.75 Å². The van der Waals surface area contributed by atoms with Gasteiger partial charge in [-0.25, -0.2) is 0 Å². The van der Waals surface area contributed by atoms with Crippen LogP contribution < -0.4 is 5.73 Å². The minimum Gasteiger partial charge on any atom is -0.339 e. The van der Waals surface area contributed by atoms with Crippen molar-refractivity contribution < 1.29 is 4.52 Å². The van der Waals surface area contributed by atoms with Crippen LogP contribution in [-0.4, -0.2) is 21.4 Å². The minimum atomic E-state index is 0.112. The average molecular weight is 257 g/mol. The first-order valence-corrected chi connectivity index (χ1v) is 7.21. The number of rotatable bonds is 7. The number of aromatic nitrogens is 2. The lowest BCUT2D eigenvalue weighted by Crippen LogP contribution is -2.24. The molecule has 4 nitrogen and oxygen atoms in total. The van der Waals surface area contributed by atoms with E-state index in [1.54, 1.807) is 0 Å². The Labute approximate surface area is 108 Å². The van der Waals surface area contributed by atoms with Crippen LogP contribution in [0.5, 0.6) is 0 Å². The summed E-state index contributed by atoms with van der Waals surface area (Å²) in [6.45, 7) is 8.64. The summed E-state index contributed by atoms with van der Waals surface area (Å²) in [7, 11) is 0. The average Bonchev–Trinajstić information content (AvgIpc) is 2.61. The monoisotopic (exact) mass is 257 g/mol. The smallest absolute Gasteiger partial charge is 0.228 e. The predicted octanol–water partition coefficient (Wildman–Crippen LogP) is 2.63. The first-order chi connectivity index (χ1) is 7.97. The van der Waals surface area contributed by atoms with E-state index in [0.29, 0.717) is 23.5 Å². The molecule has 0 amide bonds. The van der Waals surface area contributed by atoms with Crippen molar-refractivity contribution in [3.63, 3.8) is 0 Å². The van der Waals surface area contributed by atoms with Crippen molar-refractivity contribution in [3.8, 4) is 0 Å². The Balaban J connectivity index is 2.39. The second-order valence-electron chi connectivity index (χ2n) is 5.06. The summed E-state index contributed by atoms with van der Waals surface area (Å²) in [6.07, 6.45) is 1.66. The molecule has 1 unspecified atom stereocenters. The van der Waals surface area contributed by atoms with Crippen LogP contribution in [0.1, 0.15) is 45.8 Å². The summed E-state index contributed by atoms with van der Waals surface area (Å²) in [6, 6.07) is 0.112. The third-order valence-electron chi connectivity index (χ3n) is 2.27. The molecule has 0 radical (unpaired) electrons. The Morgan fingerprint density at radius 1 is 1.29 bits per heavy atom. The van der Waals surface area contributed by atoms with Gasteiger partial charge >= 0.3 is 0 Å². The second kappa shape index (κ2) is 7.01. The number of thioether (sulfide) groups is 1. The number of hydrogen-bond donors (Lipinski definition) is 1. The van der Waals surface area contributed by atoms with Gasteiger partial charge in [0.15, 0.2) is 5.82 Å². The molecule has 1 aromatic rings. The Morgan fingerprint density at radius 3 is 2.59 bits per heavy atom. The van der Waals surface area contributed by atoms with Gasteiger partial charge < -0.3 is 10.3 Å². The van der Waals surface area contributed by atoms with Crippen molar-refractivity contribution >= 4 is 11.8 Å². The van der Waals surface area contributed by atoms with E-state index >= 15 is 0 Å². The normalized spacial score (nSPS) is 13.6. The van der Waals surface area contributed by atoms with E-state index in [0.717, 1.165) is 18.0 Å². The Hall–Kier alpha value is -0.550.